The number of hydrogen-bond acceptors (Lipinski definition) is 6. The fourth-order valence-electron chi connectivity index (χ4n) is 3.95. The number of piperidine rings is 1. The van der Waals surface area contributed by atoms with Gasteiger partial charge in [-0.3, -0.25) is 4.90 Å². The van der Waals surface area contributed by atoms with Crippen LogP contribution in [0.25, 0.3) is 0 Å². The number of rotatable bonds is 5. The first-order valence-corrected chi connectivity index (χ1v) is 8.56. The van der Waals surface area contributed by atoms with E-state index in [-0.39, 0.29) is 12.6 Å². The van der Waals surface area contributed by atoms with Crippen LogP contribution < -0.4 is 0 Å². The van der Waals surface area contributed by atoms with Crippen LogP contribution in [0.2, 0.25) is 0 Å². The molecule has 1 amide bonds. The minimum atomic E-state index is -0.572. The molecule has 0 radical (unpaired) electrons. The van der Waals surface area contributed by atoms with Crippen LogP contribution in [0, 0.1) is 29.1 Å². The van der Waals surface area contributed by atoms with Gasteiger partial charge in [0.2, 0.25) is 0 Å². The van der Waals surface area contributed by atoms with Gasteiger partial charge < -0.3 is 14.2 Å². The molecule has 24 heavy (non-hydrogen) atoms. The van der Waals surface area contributed by atoms with Crippen LogP contribution in [0.15, 0.2) is 0 Å². The van der Waals surface area contributed by atoms with Crippen molar-refractivity contribution < 1.29 is 23.8 Å². The normalized spacial score (nSPS) is 29.3. The van der Waals surface area contributed by atoms with Crippen molar-refractivity contribution >= 4 is 12.1 Å². The summed E-state index contributed by atoms with van der Waals surface area (Å²) in [7, 11) is 1.33. The molecule has 2 rings (SSSR count). The van der Waals surface area contributed by atoms with Gasteiger partial charge >= 0.3 is 12.1 Å². The van der Waals surface area contributed by atoms with E-state index in [2.05, 4.69) is 0 Å². The van der Waals surface area contributed by atoms with Crippen LogP contribution >= 0.6 is 0 Å². The highest BCUT2D eigenvalue weighted by Crippen LogP contribution is 2.41. The number of ether oxygens (including phenoxy) is 3. The first-order chi connectivity index (χ1) is 11.6. The summed E-state index contributed by atoms with van der Waals surface area (Å²) in [6.45, 7) is 3.29. The number of carbonyl (C=O) groups excluding carboxylic acids is 2. The number of amides is 1. The lowest BCUT2D eigenvalue weighted by Gasteiger charge is -2.46. The van der Waals surface area contributed by atoms with E-state index in [1.807, 2.05) is 6.07 Å². The predicted octanol–water partition coefficient (Wildman–Crippen LogP) is 1.96. The fourth-order valence-corrected chi connectivity index (χ4v) is 3.95. The van der Waals surface area contributed by atoms with E-state index < -0.39 is 12.1 Å². The fraction of sp³-hybridized carbons (Fsp3) is 0.824. The molecule has 7 nitrogen and oxygen atoms in total. The first-order valence-electron chi connectivity index (χ1n) is 8.56. The molecule has 2 fully saturated rings. The smallest absolute Gasteiger partial charge is 0.410 e. The Labute approximate surface area is 142 Å². The van der Waals surface area contributed by atoms with E-state index in [0.717, 1.165) is 19.3 Å². The molecule has 0 N–H and O–H groups in total. The zero-order valence-corrected chi connectivity index (χ0v) is 14.4. The standard InChI is InChI=1S/C17H26N2O5/c1-3-24-16(20)15-9-14-8-12(11-23-7-6-18)4-5-13(14)10-19(15)17(21)22-2/h12-15H,3-5,7-11H2,1-2H3/t12-,13-,14+,15-/m0/s1. The second kappa shape index (κ2) is 8.88. The van der Waals surface area contributed by atoms with E-state index in [1.54, 1.807) is 6.92 Å². The minimum Gasteiger partial charge on any atom is -0.464 e. The number of nitrogens with zero attached hydrogens (tertiary/aromatic N) is 2. The summed E-state index contributed by atoms with van der Waals surface area (Å²) >= 11 is 0. The summed E-state index contributed by atoms with van der Waals surface area (Å²) in [6.07, 6.45) is 3.11. The Morgan fingerprint density at radius 3 is 2.71 bits per heavy atom. The summed E-state index contributed by atoms with van der Waals surface area (Å²) < 4.78 is 15.3. The van der Waals surface area contributed by atoms with Crippen molar-refractivity contribution in [3.8, 4) is 6.07 Å². The van der Waals surface area contributed by atoms with Gasteiger partial charge in [-0.05, 0) is 50.4 Å². The SMILES string of the molecule is CCOC(=O)[C@@H]1C[C@H]2C[C@@H](COCC#N)CC[C@H]2CN1C(=O)OC. The molecular weight excluding hydrogens is 312 g/mol. The quantitative estimate of drug-likeness (QED) is 0.562. The summed E-state index contributed by atoms with van der Waals surface area (Å²) in [6, 6.07) is 1.41. The zero-order valence-electron chi connectivity index (χ0n) is 14.4. The Balaban J connectivity index is 2.02. The Hall–Kier alpha value is -1.81. The zero-order chi connectivity index (χ0) is 17.5. The molecule has 0 spiro atoms. The summed E-state index contributed by atoms with van der Waals surface area (Å²) in [5.41, 5.74) is 0. The van der Waals surface area contributed by atoms with E-state index in [1.165, 1.54) is 12.0 Å². The lowest BCUT2D eigenvalue weighted by Crippen LogP contribution is -2.55. The van der Waals surface area contributed by atoms with E-state index in [4.69, 9.17) is 19.5 Å². The molecule has 0 aromatic heterocycles. The lowest BCUT2D eigenvalue weighted by atomic mass is 9.69. The van der Waals surface area contributed by atoms with Gasteiger partial charge in [-0.2, -0.15) is 5.26 Å². The number of hydrogen-bond donors (Lipinski definition) is 0. The van der Waals surface area contributed by atoms with Crippen LogP contribution in [-0.2, 0) is 19.0 Å². The number of likely N-dealkylation sites (tertiary alicyclic amines) is 1. The molecule has 2 aliphatic rings. The van der Waals surface area contributed by atoms with Crippen LogP contribution in [0.4, 0.5) is 4.79 Å². The molecule has 1 saturated heterocycles. The van der Waals surface area contributed by atoms with Crippen molar-refractivity contribution in [1.29, 1.82) is 5.26 Å². The highest BCUT2D eigenvalue weighted by atomic mass is 16.6. The third-order valence-electron chi connectivity index (χ3n) is 5.07. The average molecular weight is 338 g/mol. The molecule has 0 aromatic rings. The van der Waals surface area contributed by atoms with Gasteiger partial charge in [0.25, 0.3) is 0 Å². The third-order valence-corrected chi connectivity index (χ3v) is 5.07. The van der Waals surface area contributed by atoms with Gasteiger partial charge in [0.05, 0.1) is 26.4 Å². The Morgan fingerprint density at radius 2 is 2.04 bits per heavy atom. The molecule has 0 unspecified atom stereocenters. The molecule has 1 aliphatic carbocycles. The minimum absolute atomic E-state index is 0.117. The van der Waals surface area contributed by atoms with Crippen LogP contribution in [0.3, 0.4) is 0 Å². The maximum Gasteiger partial charge on any atom is 0.410 e. The molecule has 1 heterocycles. The Morgan fingerprint density at radius 1 is 1.25 bits per heavy atom. The van der Waals surface area contributed by atoms with E-state index >= 15 is 0 Å². The largest absolute Gasteiger partial charge is 0.464 e. The van der Waals surface area contributed by atoms with Crippen molar-refractivity contribution in [1.82, 2.24) is 4.90 Å². The van der Waals surface area contributed by atoms with Crippen LogP contribution in [-0.4, -0.2) is 56.5 Å². The molecule has 134 valence electrons. The van der Waals surface area contributed by atoms with Gasteiger partial charge in [0.1, 0.15) is 12.6 Å². The number of methoxy groups -OCH3 is 1. The molecule has 4 atom stereocenters. The van der Waals surface area contributed by atoms with Gasteiger partial charge in [0.15, 0.2) is 0 Å². The van der Waals surface area contributed by atoms with Crippen molar-refractivity contribution in [2.45, 2.75) is 38.6 Å². The molecule has 7 heteroatoms. The van der Waals surface area contributed by atoms with Crippen LogP contribution in [0.1, 0.15) is 32.6 Å². The average Bonchev–Trinajstić information content (AvgIpc) is 2.60. The molecule has 0 bridgehead atoms. The monoisotopic (exact) mass is 338 g/mol. The van der Waals surface area contributed by atoms with Gasteiger partial charge in [-0.1, -0.05) is 0 Å². The summed E-state index contributed by atoms with van der Waals surface area (Å²) in [4.78, 5) is 25.8. The first kappa shape index (κ1) is 18.5. The number of fused-ring (bicyclic) bond motifs is 1. The van der Waals surface area contributed by atoms with E-state index in [9.17, 15) is 9.59 Å². The molecule has 1 saturated carbocycles. The maximum absolute atomic E-state index is 12.3. The predicted molar refractivity (Wildman–Crippen MR) is 84.9 cm³/mol. The van der Waals surface area contributed by atoms with Gasteiger partial charge in [-0.15, -0.1) is 0 Å². The second-order valence-corrected chi connectivity index (χ2v) is 6.50. The number of nitriles is 1. The van der Waals surface area contributed by atoms with Crippen molar-refractivity contribution in [3.63, 3.8) is 0 Å². The van der Waals surface area contributed by atoms with Crippen molar-refractivity contribution in [2.75, 3.05) is 33.5 Å². The highest BCUT2D eigenvalue weighted by Gasteiger charge is 2.44. The van der Waals surface area contributed by atoms with Crippen molar-refractivity contribution in [3.05, 3.63) is 0 Å². The summed E-state index contributed by atoms with van der Waals surface area (Å²) in [5.74, 6) is 0.795. The third kappa shape index (κ3) is 4.38. The molecular formula is C17H26N2O5. The summed E-state index contributed by atoms with van der Waals surface area (Å²) in [5, 5.41) is 8.56. The lowest BCUT2D eigenvalue weighted by molar-refractivity contribution is -0.152. The van der Waals surface area contributed by atoms with E-state index in [0.29, 0.717) is 43.9 Å². The topological polar surface area (TPSA) is 88.9 Å². The number of carbonyl (C=O) groups is 2. The van der Waals surface area contributed by atoms with Gasteiger partial charge in [-0.25, -0.2) is 9.59 Å². The van der Waals surface area contributed by atoms with Gasteiger partial charge in [0, 0.05) is 6.54 Å². The van der Waals surface area contributed by atoms with Crippen molar-refractivity contribution in [2.24, 2.45) is 17.8 Å². The number of esters is 1. The maximum atomic E-state index is 12.3. The Kier molecular flexibility index (Phi) is 6.85. The Bertz CT molecular complexity index is 490. The highest BCUT2D eigenvalue weighted by molar-refractivity contribution is 5.81. The second-order valence-electron chi connectivity index (χ2n) is 6.50. The molecule has 1 aliphatic heterocycles. The van der Waals surface area contributed by atoms with Crippen LogP contribution in [0.5, 0.6) is 0 Å². The molecule has 0 aromatic carbocycles.